The van der Waals surface area contributed by atoms with Crippen LogP contribution in [0.2, 0.25) is 0 Å². The number of carboxylic acid groups (broad SMARTS) is 1. The van der Waals surface area contributed by atoms with E-state index in [4.69, 9.17) is 17.2 Å². The van der Waals surface area contributed by atoms with Gasteiger partial charge in [0.25, 0.3) is 0 Å². The van der Waals surface area contributed by atoms with Crippen LogP contribution >= 0.6 is 0 Å². The Morgan fingerprint density at radius 3 is 1.66 bits per heavy atom. The van der Waals surface area contributed by atoms with Gasteiger partial charge in [-0.25, -0.2) is 4.79 Å². The number of nitrogens with two attached hydrogens (primary N) is 3. The van der Waals surface area contributed by atoms with Crippen LogP contribution < -0.4 is 33.2 Å². The third-order valence-electron chi connectivity index (χ3n) is 4.55. The molecule has 0 aliphatic heterocycles. The summed E-state index contributed by atoms with van der Waals surface area (Å²) in [5.74, 6) is -6.00. The van der Waals surface area contributed by atoms with Crippen molar-refractivity contribution in [3.05, 3.63) is 0 Å². The Morgan fingerprint density at radius 2 is 1.25 bits per heavy atom. The van der Waals surface area contributed by atoms with Gasteiger partial charge in [-0.2, -0.15) is 0 Å². The number of nitrogens with one attached hydrogen (secondary N) is 3. The minimum absolute atomic E-state index is 0.188. The Kier molecular flexibility index (Phi) is 11.9. The van der Waals surface area contributed by atoms with Gasteiger partial charge < -0.3 is 38.3 Å². The van der Waals surface area contributed by atoms with Crippen molar-refractivity contribution in [2.75, 3.05) is 0 Å². The largest absolute Gasteiger partial charge is 0.480 e. The Morgan fingerprint density at radius 1 is 0.750 bits per heavy atom. The van der Waals surface area contributed by atoms with Gasteiger partial charge in [0.1, 0.15) is 18.1 Å². The maximum absolute atomic E-state index is 12.8. The predicted molar refractivity (Wildman–Crippen MR) is 113 cm³/mol. The van der Waals surface area contributed by atoms with Crippen LogP contribution in [0.25, 0.3) is 0 Å². The van der Waals surface area contributed by atoms with Gasteiger partial charge in [-0.05, 0) is 18.3 Å². The first-order valence-corrected chi connectivity index (χ1v) is 10.1. The van der Waals surface area contributed by atoms with Crippen molar-refractivity contribution in [1.29, 1.82) is 0 Å². The highest BCUT2D eigenvalue weighted by atomic mass is 16.4. The lowest BCUT2D eigenvalue weighted by atomic mass is 9.99. The molecule has 0 aromatic carbocycles. The third-order valence-corrected chi connectivity index (χ3v) is 4.55. The van der Waals surface area contributed by atoms with E-state index in [9.17, 15) is 33.9 Å². The van der Waals surface area contributed by atoms with E-state index in [1.165, 1.54) is 0 Å². The number of carboxylic acids is 1. The summed E-state index contributed by atoms with van der Waals surface area (Å²) in [4.78, 5) is 71.1. The average Bonchev–Trinajstić information content (AvgIpc) is 2.65. The van der Waals surface area contributed by atoms with Crippen molar-refractivity contribution >= 4 is 35.5 Å². The summed E-state index contributed by atoms with van der Waals surface area (Å²) in [6.07, 6.45) is -0.901. The maximum atomic E-state index is 12.8. The van der Waals surface area contributed by atoms with Crippen molar-refractivity contribution in [2.45, 2.75) is 71.1 Å². The first-order valence-electron chi connectivity index (χ1n) is 10.1. The molecule has 0 aliphatic rings. The second-order valence-electron chi connectivity index (χ2n) is 8.14. The summed E-state index contributed by atoms with van der Waals surface area (Å²) >= 11 is 0. The summed E-state index contributed by atoms with van der Waals surface area (Å²) in [5, 5.41) is 16.5. The molecule has 0 aromatic rings. The summed E-state index contributed by atoms with van der Waals surface area (Å²) < 4.78 is 0. The van der Waals surface area contributed by atoms with Crippen LogP contribution in [-0.4, -0.2) is 64.8 Å². The van der Waals surface area contributed by atoms with Gasteiger partial charge in [0.05, 0.1) is 12.5 Å². The monoisotopic (exact) mass is 458 g/mol. The molecule has 0 heterocycles. The molecule has 0 saturated carbocycles. The van der Waals surface area contributed by atoms with Gasteiger partial charge in [-0.3, -0.25) is 24.0 Å². The molecule has 4 unspecified atom stereocenters. The molecular formula is C19H34N6O7. The topological polar surface area (TPSA) is 237 Å². The van der Waals surface area contributed by atoms with E-state index < -0.39 is 77.9 Å². The molecule has 32 heavy (non-hydrogen) atoms. The van der Waals surface area contributed by atoms with E-state index in [1.807, 2.05) is 0 Å². The molecule has 0 aromatic heterocycles. The highest BCUT2D eigenvalue weighted by molar-refractivity contribution is 5.95. The average molecular weight is 459 g/mol. The lowest BCUT2D eigenvalue weighted by Gasteiger charge is -2.27. The normalized spacial score (nSPS) is 14.7. The van der Waals surface area contributed by atoms with Gasteiger partial charge >= 0.3 is 5.97 Å². The number of aliphatic carboxylic acids is 1. The first kappa shape index (κ1) is 28.8. The van der Waals surface area contributed by atoms with E-state index >= 15 is 0 Å². The zero-order valence-electron chi connectivity index (χ0n) is 18.7. The lowest BCUT2D eigenvalue weighted by Crippen LogP contribution is -2.59. The minimum Gasteiger partial charge on any atom is -0.480 e. The van der Waals surface area contributed by atoms with Crippen LogP contribution in [0.1, 0.15) is 47.0 Å². The highest BCUT2D eigenvalue weighted by Gasteiger charge is 2.33. The molecule has 0 saturated heterocycles. The second kappa shape index (κ2) is 13.2. The number of hydrogen-bond donors (Lipinski definition) is 7. The zero-order chi connectivity index (χ0) is 25.2. The number of primary amides is 2. The molecule has 0 bridgehead atoms. The van der Waals surface area contributed by atoms with Crippen molar-refractivity contribution in [3.8, 4) is 0 Å². The van der Waals surface area contributed by atoms with Crippen LogP contribution in [0.15, 0.2) is 0 Å². The Labute approximate surface area is 186 Å². The maximum Gasteiger partial charge on any atom is 0.326 e. The lowest BCUT2D eigenvalue weighted by molar-refractivity contribution is -0.143. The molecule has 0 spiro atoms. The molecule has 0 rings (SSSR count). The molecule has 13 nitrogen and oxygen atoms in total. The van der Waals surface area contributed by atoms with Gasteiger partial charge in [0.2, 0.25) is 29.5 Å². The predicted octanol–water partition coefficient (Wildman–Crippen LogP) is -2.69. The van der Waals surface area contributed by atoms with Gasteiger partial charge in [-0.1, -0.05) is 27.7 Å². The smallest absolute Gasteiger partial charge is 0.326 e. The molecule has 10 N–H and O–H groups in total. The summed E-state index contributed by atoms with van der Waals surface area (Å²) in [5.41, 5.74) is 15.7. The quantitative estimate of drug-likeness (QED) is 0.144. The summed E-state index contributed by atoms with van der Waals surface area (Å²) in [7, 11) is 0. The van der Waals surface area contributed by atoms with E-state index in [1.54, 1.807) is 27.7 Å². The van der Waals surface area contributed by atoms with Crippen molar-refractivity contribution in [1.82, 2.24) is 16.0 Å². The van der Waals surface area contributed by atoms with Crippen molar-refractivity contribution in [3.63, 3.8) is 0 Å². The molecule has 0 aliphatic carbocycles. The van der Waals surface area contributed by atoms with E-state index in [-0.39, 0.29) is 12.8 Å². The highest BCUT2D eigenvalue weighted by Crippen LogP contribution is 2.08. The van der Waals surface area contributed by atoms with Crippen molar-refractivity contribution < 1.29 is 33.9 Å². The fourth-order valence-electron chi connectivity index (χ4n) is 2.69. The zero-order valence-corrected chi connectivity index (χ0v) is 18.7. The molecular weight excluding hydrogens is 424 g/mol. The van der Waals surface area contributed by atoms with Crippen molar-refractivity contribution in [2.24, 2.45) is 29.0 Å². The standard InChI is InChI=1S/C19H34N6O7/c1-8(2)14(18(30)25-15(9(3)4)19(31)32)24-17(29)11(5-6-12(21)26)23-16(28)10(20)7-13(22)27/h8-11,14-15H,5-7,20H2,1-4H3,(H2,21,26)(H2,22,27)(H,23,28)(H,24,29)(H,25,30)(H,31,32). The molecule has 0 radical (unpaired) electrons. The number of hydrogen-bond acceptors (Lipinski definition) is 7. The second-order valence-corrected chi connectivity index (χ2v) is 8.14. The van der Waals surface area contributed by atoms with Gasteiger partial charge in [-0.15, -0.1) is 0 Å². The van der Waals surface area contributed by atoms with E-state index in [2.05, 4.69) is 16.0 Å². The van der Waals surface area contributed by atoms with E-state index in [0.717, 1.165) is 0 Å². The Bertz CT molecular complexity index is 725. The number of carbonyl (C=O) groups excluding carboxylic acids is 5. The Hall–Kier alpha value is -3.22. The fraction of sp³-hybridized carbons (Fsp3) is 0.684. The molecule has 13 heteroatoms. The molecule has 5 amide bonds. The van der Waals surface area contributed by atoms with Crippen LogP contribution in [0.5, 0.6) is 0 Å². The van der Waals surface area contributed by atoms with Crippen LogP contribution in [0, 0.1) is 11.8 Å². The SMILES string of the molecule is CC(C)C(NC(=O)C(NC(=O)C(CCC(N)=O)NC(=O)C(N)CC(N)=O)C(C)C)C(=O)O. The first-order chi connectivity index (χ1) is 14.7. The summed E-state index contributed by atoms with van der Waals surface area (Å²) in [6.45, 7) is 6.50. The fourth-order valence-corrected chi connectivity index (χ4v) is 2.69. The molecule has 182 valence electrons. The number of carbonyl (C=O) groups is 6. The van der Waals surface area contributed by atoms with E-state index in [0.29, 0.717) is 0 Å². The minimum atomic E-state index is -1.32. The Balaban J connectivity index is 5.49. The van der Waals surface area contributed by atoms with Crippen LogP contribution in [-0.2, 0) is 28.8 Å². The molecule has 4 atom stereocenters. The number of rotatable bonds is 14. The van der Waals surface area contributed by atoms with Crippen LogP contribution in [0.3, 0.4) is 0 Å². The third kappa shape index (κ3) is 10.2. The molecule has 0 fully saturated rings. The summed E-state index contributed by atoms with van der Waals surface area (Å²) in [6, 6.07) is -4.90. The van der Waals surface area contributed by atoms with Crippen LogP contribution in [0.4, 0.5) is 0 Å². The number of amides is 5. The van der Waals surface area contributed by atoms with Gasteiger partial charge in [0.15, 0.2) is 0 Å². The van der Waals surface area contributed by atoms with Gasteiger partial charge in [0, 0.05) is 6.42 Å².